The van der Waals surface area contributed by atoms with Gasteiger partial charge in [0.15, 0.2) is 4.34 Å². The fraction of sp³-hybridized carbons (Fsp3) is 0.357. The van der Waals surface area contributed by atoms with Crippen LogP contribution in [0.5, 0.6) is 0 Å². The highest BCUT2D eigenvalue weighted by Gasteiger charge is 2.22. The minimum atomic E-state index is -3.61. The van der Waals surface area contributed by atoms with Crippen LogP contribution in [-0.2, 0) is 14.8 Å². The van der Waals surface area contributed by atoms with Crippen molar-refractivity contribution in [3.8, 4) is 0 Å². The highest BCUT2D eigenvalue weighted by Crippen LogP contribution is 2.26. The number of carbonyl (C=O) groups is 1. The smallest absolute Gasteiger partial charge is 0.246 e. The molecule has 25 heavy (non-hydrogen) atoms. The molecule has 0 bridgehead atoms. The fourth-order valence-corrected chi connectivity index (χ4v) is 4.86. The summed E-state index contributed by atoms with van der Waals surface area (Å²) >= 11 is 4.29. The van der Waals surface area contributed by atoms with Crippen molar-refractivity contribution in [2.75, 3.05) is 34.4 Å². The second-order valence-electron chi connectivity index (χ2n) is 4.83. The van der Waals surface area contributed by atoms with Gasteiger partial charge in [0.25, 0.3) is 0 Å². The maximum Gasteiger partial charge on any atom is 0.246 e. The molecular weight excluding hydrogens is 400 g/mol. The molecule has 0 unspecified atom stereocenters. The van der Waals surface area contributed by atoms with E-state index in [-0.39, 0.29) is 6.54 Å². The maximum atomic E-state index is 12.3. The van der Waals surface area contributed by atoms with Crippen LogP contribution >= 0.6 is 34.9 Å². The Morgan fingerprint density at radius 3 is 2.76 bits per heavy atom. The molecule has 0 fully saturated rings. The number of aromatic nitrogens is 2. The van der Waals surface area contributed by atoms with Crippen molar-refractivity contribution >= 4 is 61.6 Å². The number of hydrogen-bond acceptors (Lipinski definition) is 8. The van der Waals surface area contributed by atoms with Gasteiger partial charge in [-0.3, -0.25) is 14.4 Å². The standard InChI is InChI=1S/C14H18N4O3S4/c1-4-23-14-17-16-13(24-14)15-12(19)9-18(25(3,20)21)10-6-5-7-11(8-10)22-2/h5-8H,4,9H2,1-3H3,(H,15,16,19). The summed E-state index contributed by atoms with van der Waals surface area (Å²) in [4.78, 5) is 13.2. The fourth-order valence-electron chi connectivity index (χ4n) is 1.90. The number of thioether (sulfide) groups is 2. The summed E-state index contributed by atoms with van der Waals surface area (Å²) < 4.78 is 26.1. The van der Waals surface area contributed by atoms with E-state index in [1.807, 2.05) is 19.2 Å². The van der Waals surface area contributed by atoms with Crippen LogP contribution in [0, 0.1) is 0 Å². The first kappa shape index (κ1) is 20.0. The largest absolute Gasteiger partial charge is 0.299 e. The lowest BCUT2D eigenvalue weighted by atomic mass is 10.3. The van der Waals surface area contributed by atoms with Gasteiger partial charge in [-0.25, -0.2) is 8.42 Å². The first-order valence-corrected chi connectivity index (χ1v) is 12.1. The van der Waals surface area contributed by atoms with E-state index in [4.69, 9.17) is 0 Å². The van der Waals surface area contributed by atoms with Gasteiger partial charge in [0.1, 0.15) is 6.54 Å². The zero-order valence-electron chi connectivity index (χ0n) is 13.9. The number of hydrogen-bond donors (Lipinski definition) is 1. The van der Waals surface area contributed by atoms with Crippen LogP contribution < -0.4 is 9.62 Å². The minimum Gasteiger partial charge on any atom is -0.299 e. The summed E-state index contributed by atoms with van der Waals surface area (Å²) in [6.45, 7) is 1.67. The molecule has 0 saturated heterocycles. The Kier molecular flexibility index (Phi) is 7.11. The zero-order valence-corrected chi connectivity index (χ0v) is 17.2. The number of rotatable bonds is 8. The van der Waals surface area contributed by atoms with E-state index in [1.54, 1.807) is 18.2 Å². The Hall–Kier alpha value is -1.30. The van der Waals surface area contributed by atoms with Crippen molar-refractivity contribution in [1.82, 2.24) is 10.2 Å². The lowest BCUT2D eigenvalue weighted by Gasteiger charge is -2.22. The normalized spacial score (nSPS) is 11.3. The van der Waals surface area contributed by atoms with Crippen molar-refractivity contribution < 1.29 is 13.2 Å². The molecule has 136 valence electrons. The molecule has 1 aromatic carbocycles. The van der Waals surface area contributed by atoms with Gasteiger partial charge in [-0.05, 0) is 30.2 Å². The molecule has 11 heteroatoms. The van der Waals surface area contributed by atoms with Gasteiger partial charge in [0.05, 0.1) is 11.9 Å². The van der Waals surface area contributed by atoms with Crippen LogP contribution in [0.25, 0.3) is 0 Å². The van der Waals surface area contributed by atoms with Gasteiger partial charge in [0.2, 0.25) is 21.1 Å². The number of benzene rings is 1. The summed E-state index contributed by atoms with van der Waals surface area (Å²) in [5.41, 5.74) is 0.448. The molecule has 1 aromatic heterocycles. The van der Waals surface area contributed by atoms with E-state index < -0.39 is 15.9 Å². The average molecular weight is 419 g/mol. The Morgan fingerprint density at radius 1 is 1.36 bits per heavy atom. The molecule has 0 saturated carbocycles. The average Bonchev–Trinajstić information content (AvgIpc) is 2.99. The zero-order chi connectivity index (χ0) is 18.4. The maximum absolute atomic E-state index is 12.3. The molecule has 0 aliphatic heterocycles. The summed E-state index contributed by atoms with van der Waals surface area (Å²) in [5.74, 6) is 0.389. The van der Waals surface area contributed by atoms with Crippen molar-refractivity contribution in [2.45, 2.75) is 16.2 Å². The van der Waals surface area contributed by atoms with Crippen LogP contribution in [0.2, 0.25) is 0 Å². The summed E-state index contributed by atoms with van der Waals surface area (Å²) in [6, 6.07) is 7.04. The molecule has 1 N–H and O–H groups in total. The molecule has 0 radical (unpaired) electrons. The molecule has 2 aromatic rings. The van der Waals surface area contributed by atoms with Crippen molar-refractivity contribution in [2.24, 2.45) is 0 Å². The van der Waals surface area contributed by atoms with E-state index in [9.17, 15) is 13.2 Å². The monoisotopic (exact) mass is 418 g/mol. The second-order valence-corrected chi connectivity index (χ2v) is 10.1. The van der Waals surface area contributed by atoms with Gasteiger partial charge in [0, 0.05) is 4.90 Å². The van der Waals surface area contributed by atoms with E-state index in [1.165, 1.54) is 34.9 Å². The van der Waals surface area contributed by atoms with Gasteiger partial charge in [-0.2, -0.15) is 0 Å². The Bertz CT molecular complexity index is 838. The predicted octanol–water partition coefficient (Wildman–Crippen LogP) is 2.78. The van der Waals surface area contributed by atoms with Gasteiger partial charge < -0.3 is 0 Å². The third-order valence-corrected chi connectivity index (χ3v) is 6.67. The molecule has 1 amide bonds. The van der Waals surface area contributed by atoms with Crippen LogP contribution in [0.1, 0.15) is 6.92 Å². The van der Waals surface area contributed by atoms with Gasteiger partial charge in [-0.1, -0.05) is 36.1 Å². The molecule has 1 heterocycles. The number of nitrogens with zero attached hydrogens (tertiary/aromatic N) is 3. The molecule has 0 aliphatic rings. The number of carbonyl (C=O) groups excluding carboxylic acids is 1. The summed E-state index contributed by atoms with van der Waals surface area (Å²) in [5, 5.41) is 10.8. The van der Waals surface area contributed by atoms with Crippen LogP contribution in [0.15, 0.2) is 33.5 Å². The van der Waals surface area contributed by atoms with E-state index in [2.05, 4.69) is 15.5 Å². The number of sulfonamides is 1. The topological polar surface area (TPSA) is 92.3 Å². The lowest BCUT2D eigenvalue weighted by Crippen LogP contribution is -2.37. The van der Waals surface area contributed by atoms with Gasteiger partial charge >= 0.3 is 0 Å². The molecular formula is C14H18N4O3S4. The first-order valence-electron chi connectivity index (χ1n) is 7.21. The lowest BCUT2D eigenvalue weighted by molar-refractivity contribution is -0.114. The Morgan fingerprint density at radius 2 is 2.12 bits per heavy atom. The SMILES string of the molecule is CCSc1nnc(NC(=O)CN(c2cccc(SC)c2)S(C)(=O)=O)s1. The van der Waals surface area contributed by atoms with Gasteiger partial charge in [-0.15, -0.1) is 22.0 Å². The molecule has 0 spiro atoms. The van der Waals surface area contributed by atoms with E-state index in [0.29, 0.717) is 10.8 Å². The number of nitrogens with one attached hydrogen (secondary N) is 1. The minimum absolute atomic E-state index is 0.327. The number of anilines is 2. The third-order valence-electron chi connectivity index (χ3n) is 2.95. The van der Waals surface area contributed by atoms with E-state index >= 15 is 0 Å². The highest BCUT2D eigenvalue weighted by atomic mass is 32.2. The molecule has 7 nitrogen and oxygen atoms in total. The predicted molar refractivity (Wildman–Crippen MR) is 105 cm³/mol. The van der Waals surface area contributed by atoms with Crippen LogP contribution in [0.4, 0.5) is 10.8 Å². The quantitative estimate of drug-likeness (QED) is 0.520. The first-order chi connectivity index (χ1) is 11.8. The van der Waals surface area contributed by atoms with Crippen LogP contribution in [-0.4, -0.2) is 49.3 Å². The summed E-state index contributed by atoms with van der Waals surface area (Å²) in [6.07, 6.45) is 2.98. The second kappa shape index (κ2) is 8.88. The summed E-state index contributed by atoms with van der Waals surface area (Å²) in [7, 11) is -3.61. The molecule has 0 atom stereocenters. The molecule has 2 rings (SSSR count). The molecule has 0 aliphatic carbocycles. The highest BCUT2D eigenvalue weighted by molar-refractivity contribution is 8.01. The van der Waals surface area contributed by atoms with Crippen molar-refractivity contribution in [3.63, 3.8) is 0 Å². The van der Waals surface area contributed by atoms with E-state index in [0.717, 1.165) is 25.5 Å². The Labute approximate surface area is 159 Å². The van der Waals surface area contributed by atoms with Crippen molar-refractivity contribution in [3.05, 3.63) is 24.3 Å². The van der Waals surface area contributed by atoms with Crippen molar-refractivity contribution in [1.29, 1.82) is 0 Å². The Balaban J connectivity index is 2.14. The number of amides is 1. The van der Waals surface area contributed by atoms with Crippen LogP contribution in [0.3, 0.4) is 0 Å². The third kappa shape index (κ3) is 5.87.